The molecule has 0 fully saturated rings. The van der Waals surface area contributed by atoms with E-state index in [2.05, 4.69) is 9.88 Å². The summed E-state index contributed by atoms with van der Waals surface area (Å²) in [5, 5.41) is 8.42. The molecule has 4 nitrogen and oxygen atoms in total. The number of likely N-dealkylation sites (N-methyl/N-ethyl adjacent to an activating group) is 1. The standard InChI is InChI=1S/C12H16N2O2/c1-14(8-3-5-12(15)16)9-6-11-4-2-7-13-10-11/h2-5,7,10H,6,8-9H2,1H3,(H,15,16)/b5-3+. The van der Waals surface area contributed by atoms with Gasteiger partial charge in [0.05, 0.1) is 0 Å². The summed E-state index contributed by atoms with van der Waals surface area (Å²) >= 11 is 0. The first-order valence-electron chi connectivity index (χ1n) is 5.15. The Bertz CT molecular complexity index is 349. The maximum absolute atomic E-state index is 10.2. The fourth-order valence-electron chi connectivity index (χ4n) is 1.29. The maximum atomic E-state index is 10.2. The molecule has 16 heavy (non-hydrogen) atoms. The molecule has 0 unspecified atom stereocenters. The Morgan fingerprint density at radius 1 is 1.62 bits per heavy atom. The van der Waals surface area contributed by atoms with Crippen LogP contribution in [-0.2, 0) is 11.2 Å². The highest BCUT2D eigenvalue weighted by Gasteiger charge is 1.97. The molecule has 1 aromatic heterocycles. The van der Waals surface area contributed by atoms with Crippen LogP contribution in [0.4, 0.5) is 0 Å². The van der Waals surface area contributed by atoms with Crippen molar-refractivity contribution in [3.05, 3.63) is 42.2 Å². The maximum Gasteiger partial charge on any atom is 0.328 e. The molecule has 0 aliphatic carbocycles. The smallest absolute Gasteiger partial charge is 0.328 e. The second kappa shape index (κ2) is 6.74. The lowest BCUT2D eigenvalue weighted by Crippen LogP contribution is -2.21. The first-order chi connectivity index (χ1) is 7.68. The van der Waals surface area contributed by atoms with Gasteiger partial charge in [0, 0.05) is 31.6 Å². The van der Waals surface area contributed by atoms with Crippen LogP contribution in [0.1, 0.15) is 5.56 Å². The van der Waals surface area contributed by atoms with Crippen molar-refractivity contribution >= 4 is 5.97 Å². The van der Waals surface area contributed by atoms with Crippen LogP contribution in [-0.4, -0.2) is 41.1 Å². The van der Waals surface area contributed by atoms with E-state index >= 15 is 0 Å². The molecule has 0 radical (unpaired) electrons. The lowest BCUT2D eigenvalue weighted by molar-refractivity contribution is -0.131. The van der Waals surface area contributed by atoms with E-state index in [-0.39, 0.29) is 0 Å². The molecule has 1 N–H and O–H groups in total. The zero-order chi connectivity index (χ0) is 11.8. The van der Waals surface area contributed by atoms with Gasteiger partial charge in [-0.05, 0) is 25.1 Å². The first kappa shape index (κ1) is 12.4. The van der Waals surface area contributed by atoms with Crippen LogP contribution in [0.25, 0.3) is 0 Å². The number of pyridine rings is 1. The molecule has 0 spiro atoms. The third kappa shape index (κ3) is 5.26. The quantitative estimate of drug-likeness (QED) is 0.732. The van der Waals surface area contributed by atoms with Gasteiger partial charge in [0.15, 0.2) is 0 Å². The minimum atomic E-state index is -0.902. The molecule has 4 heteroatoms. The zero-order valence-corrected chi connectivity index (χ0v) is 9.34. The van der Waals surface area contributed by atoms with Crippen molar-refractivity contribution in [3.63, 3.8) is 0 Å². The van der Waals surface area contributed by atoms with Gasteiger partial charge in [0.25, 0.3) is 0 Å². The summed E-state index contributed by atoms with van der Waals surface area (Å²) in [6, 6.07) is 3.95. The van der Waals surface area contributed by atoms with Gasteiger partial charge >= 0.3 is 5.97 Å². The molecule has 1 heterocycles. The topological polar surface area (TPSA) is 53.4 Å². The zero-order valence-electron chi connectivity index (χ0n) is 9.34. The normalized spacial score (nSPS) is 11.1. The number of hydrogen-bond acceptors (Lipinski definition) is 3. The first-order valence-corrected chi connectivity index (χ1v) is 5.15. The van der Waals surface area contributed by atoms with Gasteiger partial charge < -0.3 is 10.0 Å². The van der Waals surface area contributed by atoms with Crippen molar-refractivity contribution in [3.8, 4) is 0 Å². The molecule has 1 rings (SSSR count). The summed E-state index contributed by atoms with van der Waals surface area (Å²) in [5.41, 5.74) is 1.19. The molecule has 0 saturated carbocycles. The Labute approximate surface area is 95.2 Å². The van der Waals surface area contributed by atoms with E-state index < -0.39 is 5.97 Å². The molecule has 0 aliphatic rings. The average Bonchev–Trinajstić information content (AvgIpc) is 2.27. The van der Waals surface area contributed by atoms with Crippen LogP contribution in [0.2, 0.25) is 0 Å². The van der Waals surface area contributed by atoms with Crippen molar-refractivity contribution < 1.29 is 9.90 Å². The van der Waals surface area contributed by atoms with Gasteiger partial charge in [0.2, 0.25) is 0 Å². The predicted molar refractivity (Wildman–Crippen MR) is 62.2 cm³/mol. The lowest BCUT2D eigenvalue weighted by Gasteiger charge is -2.13. The molecule has 0 saturated heterocycles. The third-order valence-corrected chi connectivity index (χ3v) is 2.18. The number of hydrogen-bond donors (Lipinski definition) is 1. The van der Waals surface area contributed by atoms with E-state index in [1.807, 2.05) is 25.4 Å². The summed E-state index contributed by atoms with van der Waals surface area (Å²) in [5.74, 6) is -0.902. The highest BCUT2D eigenvalue weighted by Crippen LogP contribution is 1.98. The van der Waals surface area contributed by atoms with Gasteiger partial charge in [-0.1, -0.05) is 12.1 Å². The predicted octanol–water partition coefficient (Wildman–Crippen LogP) is 1.20. The van der Waals surface area contributed by atoms with E-state index in [1.165, 1.54) is 11.6 Å². The van der Waals surface area contributed by atoms with E-state index in [9.17, 15) is 4.79 Å². The molecule has 86 valence electrons. The van der Waals surface area contributed by atoms with Gasteiger partial charge in [-0.2, -0.15) is 0 Å². The summed E-state index contributed by atoms with van der Waals surface area (Å²) in [7, 11) is 1.96. The second-order valence-electron chi connectivity index (χ2n) is 3.61. The van der Waals surface area contributed by atoms with E-state index in [0.29, 0.717) is 6.54 Å². The largest absolute Gasteiger partial charge is 0.478 e. The summed E-state index contributed by atoms with van der Waals surface area (Å²) in [6.07, 6.45) is 7.33. The van der Waals surface area contributed by atoms with Crippen LogP contribution < -0.4 is 0 Å². The van der Waals surface area contributed by atoms with Crippen LogP contribution in [0.15, 0.2) is 36.7 Å². The summed E-state index contributed by atoms with van der Waals surface area (Å²) < 4.78 is 0. The van der Waals surface area contributed by atoms with Crippen LogP contribution in [0.3, 0.4) is 0 Å². The Balaban J connectivity index is 2.25. The van der Waals surface area contributed by atoms with E-state index in [1.54, 1.807) is 12.3 Å². The van der Waals surface area contributed by atoms with Crippen molar-refractivity contribution in [1.82, 2.24) is 9.88 Å². The number of aliphatic carboxylic acids is 1. The van der Waals surface area contributed by atoms with Gasteiger partial charge in [-0.3, -0.25) is 4.98 Å². The fraction of sp³-hybridized carbons (Fsp3) is 0.333. The number of carbonyl (C=O) groups is 1. The minimum Gasteiger partial charge on any atom is -0.478 e. The molecule has 1 aromatic rings. The van der Waals surface area contributed by atoms with Gasteiger partial charge in [-0.25, -0.2) is 4.79 Å². The number of nitrogens with zero attached hydrogens (tertiary/aromatic N) is 2. The van der Waals surface area contributed by atoms with Gasteiger partial charge in [0.1, 0.15) is 0 Å². The molecular weight excluding hydrogens is 204 g/mol. The molecule has 0 aliphatic heterocycles. The Kier molecular flexibility index (Phi) is 5.22. The number of aromatic nitrogens is 1. The minimum absolute atomic E-state index is 0.645. The third-order valence-electron chi connectivity index (χ3n) is 2.18. The average molecular weight is 220 g/mol. The summed E-state index contributed by atoms with van der Waals surface area (Å²) in [4.78, 5) is 16.3. The van der Waals surface area contributed by atoms with Crippen LogP contribution in [0.5, 0.6) is 0 Å². The highest BCUT2D eigenvalue weighted by atomic mass is 16.4. The lowest BCUT2D eigenvalue weighted by atomic mass is 10.2. The van der Waals surface area contributed by atoms with Crippen LogP contribution >= 0.6 is 0 Å². The fourth-order valence-corrected chi connectivity index (χ4v) is 1.29. The van der Waals surface area contributed by atoms with Crippen molar-refractivity contribution in [2.75, 3.05) is 20.1 Å². The molecular formula is C12H16N2O2. The highest BCUT2D eigenvalue weighted by molar-refractivity contribution is 5.79. The van der Waals surface area contributed by atoms with Gasteiger partial charge in [-0.15, -0.1) is 0 Å². The van der Waals surface area contributed by atoms with Crippen molar-refractivity contribution in [2.24, 2.45) is 0 Å². The Morgan fingerprint density at radius 2 is 2.44 bits per heavy atom. The SMILES string of the molecule is CN(C/C=C/C(=O)O)CCc1cccnc1. The summed E-state index contributed by atoms with van der Waals surface area (Å²) in [6.45, 7) is 1.53. The molecule has 0 amide bonds. The van der Waals surface area contributed by atoms with E-state index in [0.717, 1.165) is 13.0 Å². The van der Waals surface area contributed by atoms with E-state index in [4.69, 9.17) is 5.11 Å². The second-order valence-corrected chi connectivity index (χ2v) is 3.61. The molecule has 0 atom stereocenters. The van der Waals surface area contributed by atoms with Crippen LogP contribution in [0, 0.1) is 0 Å². The van der Waals surface area contributed by atoms with Crippen molar-refractivity contribution in [2.45, 2.75) is 6.42 Å². The number of carboxylic acids is 1. The Morgan fingerprint density at radius 3 is 3.06 bits per heavy atom. The molecule has 0 aromatic carbocycles. The monoisotopic (exact) mass is 220 g/mol. The number of carboxylic acid groups (broad SMARTS) is 1. The number of rotatable bonds is 6. The molecule has 0 bridgehead atoms. The van der Waals surface area contributed by atoms with Crippen molar-refractivity contribution in [1.29, 1.82) is 0 Å². The Hall–Kier alpha value is -1.68.